The van der Waals surface area contributed by atoms with E-state index in [2.05, 4.69) is 10.3 Å². The number of nitro groups is 1. The third-order valence-electron chi connectivity index (χ3n) is 3.40. The molecule has 0 unspecified atom stereocenters. The minimum atomic E-state index is -3.66. The number of sulfone groups is 1. The molecule has 118 valence electrons. The van der Waals surface area contributed by atoms with Crippen LogP contribution in [0.5, 0.6) is 0 Å². The summed E-state index contributed by atoms with van der Waals surface area (Å²) in [5.74, 6) is 0. The van der Waals surface area contributed by atoms with E-state index >= 15 is 0 Å². The highest BCUT2D eigenvalue weighted by molar-refractivity contribution is 7.90. The second-order valence-corrected chi connectivity index (χ2v) is 7.10. The van der Waals surface area contributed by atoms with Crippen LogP contribution in [0.25, 0.3) is 10.9 Å². The Morgan fingerprint density at radius 2 is 1.78 bits per heavy atom. The number of nitro benzene ring substituents is 1. The van der Waals surface area contributed by atoms with Crippen LogP contribution >= 0.6 is 0 Å². The summed E-state index contributed by atoms with van der Waals surface area (Å²) < 4.78 is 23.2. The summed E-state index contributed by atoms with van der Waals surface area (Å²) in [5.41, 5.74) is 1.73. The molecule has 0 bridgehead atoms. The molecular formula is C15H13N3O4S. The lowest BCUT2D eigenvalue weighted by Crippen LogP contribution is -2.03. The van der Waals surface area contributed by atoms with Crippen molar-refractivity contribution in [2.45, 2.75) is 4.90 Å². The van der Waals surface area contributed by atoms with Gasteiger partial charge in [0.1, 0.15) is 4.90 Å². The molecule has 1 aromatic heterocycles. The first-order valence-electron chi connectivity index (χ1n) is 6.67. The van der Waals surface area contributed by atoms with Crippen LogP contribution < -0.4 is 5.32 Å². The van der Waals surface area contributed by atoms with E-state index in [-0.39, 0.29) is 4.90 Å². The van der Waals surface area contributed by atoms with Gasteiger partial charge in [-0.15, -0.1) is 0 Å². The number of aromatic nitrogens is 1. The Bertz CT molecular complexity index is 1010. The molecule has 0 aliphatic heterocycles. The molecule has 2 aromatic carbocycles. The number of H-pyrrole nitrogens is 1. The number of nitrogens with one attached hydrogen (secondary N) is 2. The fourth-order valence-corrected chi connectivity index (χ4v) is 3.18. The maximum absolute atomic E-state index is 11.6. The standard InChI is InChI=1S/C15H13N3O4S/c1-23(21,22)15-5-3-12(9-14(15)18(19)20)17-11-2-4-13-10(8-11)6-7-16-13/h2-9,16-17H,1H3. The topological polar surface area (TPSA) is 105 Å². The van der Waals surface area contributed by atoms with Crippen LogP contribution in [-0.4, -0.2) is 24.6 Å². The number of anilines is 2. The molecule has 0 amide bonds. The van der Waals surface area contributed by atoms with Gasteiger partial charge < -0.3 is 10.3 Å². The number of aromatic amines is 1. The molecule has 0 aliphatic rings. The maximum Gasteiger partial charge on any atom is 0.290 e. The van der Waals surface area contributed by atoms with Crippen molar-refractivity contribution in [1.29, 1.82) is 0 Å². The van der Waals surface area contributed by atoms with E-state index in [0.717, 1.165) is 22.8 Å². The molecular weight excluding hydrogens is 318 g/mol. The molecule has 3 aromatic rings. The van der Waals surface area contributed by atoms with E-state index in [0.29, 0.717) is 5.69 Å². The summed E-state index contributed by atoms with van der Waals surface area (Å²) in [4.78, 5) is 13.2. The molecule has 8 heteroatoms. The first-order chi connectivity index (χ1) is 10.8. The zero-order valence-corrected chi connectivity index (χ0v) is 12.9. The van der Waals surface area contributed by atoms with Crippen molar-refractivity contribution < 1.29 is 13.3 Å². The number of fused-ring (bicyclic) bond motifs is 1. The van der Waals surface area contributed by atoms with Crippen LogP contribution in [0.3, 0.4) is 0 Å². The first kappa shape index (κ1) is 15.0. The highest BCUT2D eigenvalue weighted by Gasteiger charge is 2.22. The van der Waals surface area contributed by atoms with E-state index in [1.54, 1.807) is 0 Å². The van der Waals surface area contributed by atoms with E-state index in [9.17, 15) is 18.5 Å². The molecule has 3 rings (SSSR count). The number of nitrogens with zero attached hydrogens (tertiary/aromatic N) is 1. The van der Waals surface area contributed by atoms with Gasteiger partial charge in [0.05, 0.1) is 4.92 Å². The monoisotopic (exact) mass is 331 g/mol. The van der Waals surface area contributed by atoms with Crippen molar-refractivity contribution in [3.63, 3.8) is 0 Å². The van der Waals surface area contributed by atoms with Gasteiger partial charge in [-0.05, 0) is 36.4 Å². The third kappa shape index (κ3) is 3.02. The predicted molar refractivity (Wildman–Crippen MR) is 87.8 cm³/mol. The fraction of sp³-hybridized carbons (Fsp3) is 0.0667. The summed E-state index contributed by atoms with van der Waals surface area (Å²) >= 11 is 0. The molecule has 23 heavy (non-hydrogen) atoms. The molecule has 0 spiro atoms. The van der Waals surface area contributed by atoms with Crippen LogP contribution in [-0.2, 0) is 9.84 Å². The first-order valence-corrected chi connectivity index (χ1v) is 8.56. The summed E-state index contributed by atoms with van der Waals surface area (Å²) in [5, 5.41) is 15.2. The highest BCUT2D eigenvalue weighted by atomic mass is 32.2. The van der Waals surface area contributed by atoms with E-state index < -0.39 is 20.4 Å². The number of benzene rings is 2. The van der Waals surface area contributed by atoms with E-state index in [4.69, 9.17) is 0 Å². The average molecular weight is 331 g/mol. The third-order valence-corrected chi connectivity index (χ3v) is 4.54. The fourth-order valence-electron chi connectivity index (χ4n) is 2.35. The highest BCUT2D eigenvalue weighted by Crippen LogP contribution is 2.29. The summed E-state index contributed by atoms with van der Waals surface area (Å²) in [6, 6.07) is 11.5. The Morgan fingerprint density at radius 1 is 1.09 bits per heavy atom. The van der Waals surface area contributed by atoms with Gasteiger partial charge in [0, 0.05) is 40.8 Å². The van der Waals surface area contributed by atoms with Gasteiger partial charge in [0.15, 0.2) is 9.84 Å². The average Bonchev–Trinajstić information content (AvgIpc) is 2.93. The zero-order valence-electron chi connectivity index (χ0n) is 12.1. The van der Waals surface area contributed by atoms with E-state index in [1.165, 1.54) is 18.2 Å². The smallest absolute Gasteiger partial charge is 0.290 e. The van der Waals surface area contributed by atoms with Crippen molar-refractivity contribution in [1.82, 2.24) is 4.98 Å². The molecule has 0 aliphatic carbocycles. The molecule has 0 atom stereocenters. The van der Waals surface area contributed by atoms with Crippen molar-refractivity contribution in [2.75, 3.05) is 11.6 Å². The quantitative estimate of drug-likeness (QED) is 0.564. The van der Waals surface area contributed by atoms with Crippen LogP contribution in [0.2, 0.25) is 0 Å². The summed E-state index contributed by atoms with van der Waals surface area (Å²) in [6.07, 6.45) is 2.77. The van der Waals surface area contributed by atoms with Gasteiger partial charge in [0.2, 0.25) is 0 Å². The Morgan fingerprint density at radius 3 is 2.48 bits per heavy atom. The molecule has 0 fully saturated rings. The van der Waals surface area contributed by atoms with Crippen molar-refractivity contribution in [2.24, 2.45) is 0 Å². The Hall–Kier alpha value is -2.87. The van der Waals surface area contributed by atoms with Crippen molar-refractivity contribution >= 4 is 37.8 Å². The van der Waals surface area contributed by atoms with Gasteiger partial charge in [-0.3, -0.25) is 10.1 Å². The number of hydrogen-bond acceptors (Lipinski definition) is 5. The van der Waals surface area contributed by atoms with Crippen LogP contribution in [0.1, 0.15) is 0 Å². The molecule has 2 N–H and O–H groups in total. The lowest BCUT2D eigenvalue weighted by molar-refractivity contribution is -0.387. The predicted octanol–water partition coefficient (Wildman–Crippen LogP) is 3.22. The minimum Gasteiger partial charge on any atom is -0.361 e. The molecule has 0 saturated carbocycles. The number of hydrogen-bond donors (Lipinski definition) is 2. The molecule has 1 heterocycles. The second-order valence-electron chi connectivity index (χ2n) is 5.12. The zero-order chi connectivity index (χ0) is 16.6. The largest absolute Gasteiger partial charge is 0.361 e. The van der Waals surface area contributed by atoms with Crippen molar-refractivity contribution in [3.05, 3.63) is 58.8 Å². The van der Waals surface area contributed by atoms with Crippen LogP contribution in [0.15, 0.2) is 53.6 Å². The molecule has 0 saturated heterocycles. The molecule has 0 radical (unpaired) electrons. The Balaban J connectivity index is 2.00. The Labute approximate surface area is 132 Å². The van der Waals surface area contributed by atoms with E-state index in [1.807, 2.05) is 30.5 Å². The lowest BCUT2D eigenvalue weighted by Gasteiger charge is -2.08. The van der Waals surface area contributed by atoms with Crippen LogP contribution in [0, 0.1) is 10.1 Å². The Kier molecular flexibility index (Phi) is 3.53. The SMILES string of the molecule is CS(=O)(=O)c1ccc(Nc2ccc3[nH]ccc3c2)cc1[N+](=O)[O-]. The summed E-state index contributed by atoms with van der Waals surface area (Å²) in [6.45, 7) is 0. The van der Waals surface area contributed by atoms with Gasteiger partial charge in [-0.25, -0.2) is 8.42 Å². The molecule has 7 nitrogen and oxygen atoms in total. The second kappa shape index (κ2) is 5.40. The van der Waals surface area contributed by atoms with Gasteiger partial charge in [-0.2, -0.15) is 0 Å². The normalized spacial score (nSPS) is 11.5. The van der Waals surface area contributed by atoms with Crippen LogP contribution in [0.4, 0.5) is 17.1 Å². The van der Waals surface area contributed by atoms with Gasteiger partial charge in [0.25, 0.3) is 5.69 Å². The minimum absolute atomic E-state index is 0.297. The lowest BCUT2D eigenvalue weighted by atomic mass is 10.2. The maximum atomic E-state index is 11.6. The van der Waals surface area contributed by atoms with Crippen molar-refractivity contribution in [3.8, 4) is 0 Å². The summed E-state index contributed by atoms with van der Waals surface area (Å²) in [7, 11) is -3.66. The van der Waals surface area contributed by atoms with Gasteiger partial charge in [-0.1, -0.05) is 0 Å². The number of rotatable bonds is 4. The van der Waals surface area contributed by atoms with Gasteiger partial charge >= 0.3 is 0 Å².